The smallest absolute Gasteiger partial charge is 0.409 e. The normalized spacial score (nSPS) is 13.6. The van der Waals surface area contributed by atoms with Crippen molar-refractivity contribution in [2.45, 2.75) is 39.4 Å². The minimum absolute atomic E-state index is 0.0103. The molecule has 0 radical (unpaired) electrons. The number of carbonyl (C=O) groups is 4. The summed E-state index contributed by atoms with van der Waals surface area (Å²) in [6, 6.07) is 19.7. The second-order valence-corrected chi connectivity index (χ2v) is 9.99. The first-order valence-corrected chi connectivity index (χ1v) is 14.4. The number of nitrogens with one attached hydrogen (secondary N) is 1. The van der Waals surface area contributed by atoms with Crippen LogP contribution >= 0.6 is 0 Å². The van der Waals surface area contributed by atoms with Crippen molar-refractivity contribution < 1.29 is 33.4 Å². The summed E-state index contributed by atoms with van der Waals surface area (Å²) in [6.07, 6.45) is 0.384. The molecular formula is C31H37N5O7. The Morgan fingerprint density at radius 2 is 1.56 bits per heavy atom. The molecule has 1 fully saturated rings. The van der Waals surface area contributed by atoms with Crippen LogP contribution < -0.4 is 10.1 Å². The molecule has 4 rings (SSSR count). The lowest BCUT2D eigenvalue weighted by molar-refractivity contribution is -0.152. The van der Waals surface area contributed by atoms with Gasteiger partial charge in [-0.05, 0) is 31.0 Å². The highest BCUT2D eigenvalue weighted by Gasteiger charge is 2.26. The van der Waals surface area contributed by atoms with Gasteiger partial charge >= 0.3 is 12.1 Å². The van der Waals surface area contributed by atoms with Crippen molar-refractivity contribution in [3.63, 3.8) is 0 Å². The molecule has 0 aliphatic carbocycles. The lowest BCUT2D eigenvalue weighted by atomic mass is 10.2. The molecule has 1 N–H and O–H groups in total. The van der Waals surface area contributed by atoms with E-state index < -0.39 is 18.0 Å². The molecule has 1 aliphatic rings. The Bertz CT molecular complexity index is 1370. The molecule has 1 atom stereocenters. The van der Waals surface area contributed by atoms with Gasteiger partial charge < -0.3 is 29.3 Å². The van der Waals surface area contributed by atoms with Gasteiger partial charge in [-0.25, -0.2) is 14.3 Å². The van der Waals surface area contributed by atoms with E-state index in [1.54, 1.807) is 41.0 Å². The lowest BCUT2D eigenvalue weighted by Crippen LogP contribution is -2.52. The summed E-state index contributed by atoms with van der Waals surface area (Å²) in [5.41, 5.74) is 1.47. The zero-order valence-electron chi connectivity index (χ0n) is 24.4. The zero-order valence-corrected chi connectivity index (χ0v) is 24.4. The molecule has 228 valence electrons. The van der Waals surface area contributed by atoms with E-state index in [-0.39, 0.29) is 36.7 Å². The second-order valence-electron chi connectivity index (χ2n) is 9.99. The molecule has 3 amide bonds. The van der Waals surface area contributed by atoms with E-state index in [4.69, 9.17) is 14.2 Å². The summed E-state index contributed by atoms with van der Waals surface area (Å²) < 4.78 is 17.9. The first-order valence-electron chi connectivity index (χ1n) is 14.4. The van der Waals surface area contributed by atoms with Gasteiger partial charge in [-0.3, -0.25) is 9.59 Å². The Labute approximate surface area is 250 Å². The number of amides is 3. The summed E-state index contributed by atoms with van der Waals surface area (Å²) in [6.45, 7) is 5.22. The van der Waals surface area contributed by atoms with Gasteiger partial charge in [-0.2, -0.15) is 5.10 Å². The molecule has 0 bridgehead atoms. The molecule has 1 aliphatic heterocycles. The van der Waals surface area contributed by atoms with Crippen LogP contribution in [-0.4, -0.2) is 88.9 Å². The minimum atomic E-state index is -0.983. The Morgan fingerprint density at radius 1 is 0.907 bits per heavy atom. The highest BCUT2D eigenvalue weighted by atomic mass is 16.6. The number of hydrogen-bond acceptors (Lipinski definition) is 8. The molecule has 0 saturated carbocycles. The fourth-order valence-electron chi connectivity index (χ4n) is 4.28. The van der Waals surface area contributed by atoms with Gasteiger partial charge in [0.15, 0.2) is 11.8 Å². The van der Waals surface area contributed by atoms with E-state index >= 15 is 0 Å². The highest BCUT2D eigenvalue weighted by Crippen LogP contribution is 2.21. The molecule has 0 unspecified atom stereocenters. The van der Waals surface area contributed by atoms with E-state index in [1.807, 2.05) is 43.3 Å². The predicted octanol–water partition coefficient (Wildman–Crippen LogP) is 3.19. The highest BCUT2D eigenvalue weighted by molar-refractivity contribution is 5.95. The number of hydrogen-bond donors (Lipinski definition) is 1. The lowest BCUT2D eigenvalue weighted by Gasteiger charge is -2.34. The molecule has 0 spiro atoms. The van der Waals surface area contributed by atoms with Crippen molar-refractivity contribution in [3.8, 4) is 11.6 Å². The van der Waals surface area contributed by atoms with Crippen LogP contribution in [0.3, 0.4) is 0 Å². The van der Waals surface area contributed by atoms with Gasteiger partial charge in [0.2, 0.25) is 11.8 Å². The summed E-state index contributed by atoms with van der Waals surface area (Å²) in [7, 11) is 0. The Balaban J connectivity index is 1.33. The van der Waals surface area contributed by atoms with Gasteiger partial charge in [-0.15, -0.1) is 0 Å². The maximum atomic E-state index is 13.0. The van der Waals surface area contributed by atoms with E-state index in [0.29, 0.717) is 38.5 Å². The van der Waals surface area contributed by atoms with Crippen LogP contribution in [0.5, 0.6) is 5.88 Å². The first kappa shape index (κ1) is 31.1. The van der Waals surface area contributed by atoms with Gasteiger partial charge in [0, 0.05) is 32.2 Å². The average molecular weight is 592 g/mol. The van der Waals surface area contributed by atoms with Gasteiger partial charge in [0.1, 0.15) is 6.61 Å². The number of para-hydroxylation sites is 1. The van der Waals surface area contributed by atoms with Crippen LogP contribution in [0, 0.1) is 0 Å². The molecular weight excluding hydrogens is 554 g/mol. The van der Waals surface area contributed by atoms with Crippen LogP contribution in [0.25, 0.3) is 5.69 Å². The summed E-state index contributed by atoms with van der Waals surface area (Å²) in [4.78, 5) is 53.7. The standard InChI is InChI=1S/C31H37N5O7/c1-3-4-19-41-31(40)35-17-15-34(16-18-35)27(37)21-32-29(38)26-20-28(36(33-26)25-13-9-6-10-14-25)43-23(2)30(39)42-22-24-11-7-5-8-12-24/h5-14,20,23H,3-4,15-19,21-22H2,1-2H3,(H,32,38)/t23-/m1/s1. The maximum absolute atomic E-state index is 13.0. The molecule has 2 aromatic carbocycles. The van der Waals surface area contributed by atoms with Crippen molar-refractivity contribution in [1.29, 1.82) is 0 Å². The molecule has 12 heteroatoms. The van der Waals surface area contributed by atoms with Crippen molar-refractivity contribution in [2.75, 3.05) is 39.3 Å². The van der Waals surface area contributed by atoms with Crippen molar-refractivity contribution in [2.24, 2.45) is 0 Å². The number of nitrogens with zero attached hydrogens (tertiary/aromatic N) is 4. The Kier molecular flexibility index (Phi) is 11.1. The fraction of sp³-hybridized carbons (Fsp3) is 0.387. The van der Waals surface area contributed by atoms with E-state index in [1.165, 1.54) is 10.7 Å². The summed E-state index contributed by atoms with van der Waals surface area (Å²) >= 11 is 0. The molecule has 12 nitrogen and oxygen atoms in total. The number of unbranched alkanes of at least 4 members (excludes halogenated alkanes) is 1. The number of aromatic nitrogens is 2. The number of carbonyl (C=O) groups excluding carboxylic acids is 4. The van der Waals surface area contributed by atoms with Crippen LogP contribution in [0.4, 0.5) is 4.79 Å². The van der Waals surface area contributed by atoms with Crippen LogP contribution in [-0.2, 0) is 25.7 Å². The fourth-order valence-corrected chi connectivity index (χ4v) is 4.28. The van der Waals surface area contributed by atoms with Gasteiger partial charge in [0.25, 0.3) is 5.91 Å². The number of rotatable bonds is 12. The quantitative estimate of drug-likeness (QED) is 0.251. The topological polar surface area (TPSA) is 132 Å². The third-order valence-corrected chi connectivity index (χ3v) is 6.78. The molecule has 3 aromatic rings. The zero-order chi connectivity index (χ0) is 30.6. The van der Waals surface area contributed by atoms with E-state index in [0.717, 1.165) is 18.4 Å². The SMILES string of the molecule is CCCCOC(=O)N1CCN(C(=O)CNC(=O)c2cc(O[C@H](C)C(=O)OCc3ccccc3)n(-c3ccccc3)n2)CC1. The number of esters is 1. The largest absolute Gasteiger partial charge is 0.463 e. The number of ether oxygens (including phenoxy) is 3. The van der Waals surface area contributed by atoms with Crippen LogP contribution in [0.2, 0.25) is 0 Å². The number of benzene rings is 2. The Hall–Kier alpha value is -4.87. The first-order chi connectivity index (χ1) is 20.9. The predicted molar refractivity (Wildman–Crippen MR) is 157 cm³/mol. The molecule has 1 aromatic heterocycles. The molecule has 2 heterocycles. The minimum Gasteiger partial charge on any atom is -0.463 e. The van der Waals surface area contributed by atoms with Crippen molar-refractivity contribution in [3.05, 3.63) is 78.0 Å². The monoisotopic (exact) mass is 591 g/mol. The van der Waals surface area contributed by atoms with Crippen LogP contribution in [0.1, 0.15) is 42.7 Å². The maximum Gasteiger partial charge on any atom is 0.409 e. The van der Waals surface area contributed by atoms with E-state index in [2.05, 4.69) is 10.4 Å². The molecule has 43 heavy (non-hydrogen) atoms. The van der Waals surface area contributed by atoms with Gasteiger partial charge in [0.05, 0.1) is 18.8 Å². The number of piperazine rings is 1. The Morgan fingerprint density at radius 3 is 2.23 bits per heavy atom. The molecule has 1 saturated heterocycles. The second kappa shape index (κ2) is 15.4. The summed E-state index contributed by atoms with van der Waals surface area (Å²) in [5.74, 6) is -1.27. The van der Waals surface area contributed by atoms with Crippen LogP contribution in [0.15, 0.2) is 66.7 Å². The third-order valence-electron chi connectivity index (χ3n) is 6.78. The van der Waals surface area contributed by atoms with Gasteiger partial charge in [-0.1, -0.05) is 61.9 Å². The summed E-state index contributed by atoms with van der Waals surface area (Å²) in [5, 5.41) is 6.99. The third kappa shape index (κ3) is 8.81. The van der Waals surface area contributed by atoms with E-state index in [9.17, 15) is 19.2 Å². The average Bonchev–Trinajstić information content (AvgIpc) is 3.47. The van der Waals surface area contributed by atoms with Crippen molar-refractivity contribution >= 4 is 23.9 Å². The van der Waals surface area contributed by atoms with Crippen molar-refractivity contribution in [1.82, 2.24) is 24.9 Å².